The molecule has 1 amide bonds. The number of esters is 1. The van der Waals surface area contributed by atoms with Gasteiger partial charge in [-0.15, -0.1) is 0 Å². The Kier molecular flexibility index (Phi) is 6.97. The largest absolute Gasteiger partial charge is 0.456 e. The van der Waals surface area contributed by atoms with Crippen molar-refractivity contribution in [2.75, 3.05) is 17.7 Å². The second-order valence-electron chi connectivity index (χ2n) is 6.41. The summed E-state index contributed by atoms with van der Waals surface area (Å²) in [5.74, 6) is -1.82. The molecule has 1 N–H and O–H groups in total. The number of hydrogen-bond donors (Lipinski definition) is 1. The summed E-state index contributed by atoms with van der Waals surface area (Å²) >= 11 is 11.7. The van der Waals surface area contributed by atoms with Gasteiger partial charge in [-0.2, -0.15) is 0 Å². The zero-order valence-corrected chi connectivity index (χ0v) is 17.9. The summed E-state index contributed by atoms with van der Waals surface area (Å²) in [7, 11) is -3.67. The fourth-order valence-electron chi connectivity index (χ4n) is 2.69. The van der Waals surface area contributed by atoms with Gasteiger partial charge in [0.05, 0.1) is 27.8 Å². The molecule has 0 heterocycles. The van der Waals surface area contributed by atoms with Crippen LogP contribution in [0.5, 0.6) is 0 Å². The second-order valence-corrected chi connectivity index (χ2v) is 9.36. The highest BCUT2D eigenvalue weighted by Crippen LogP contribution is 2.25. The van der Waals surface area contributed by atoms with E-state index in [0.717, 1.165) is 10.8 Å². The highest BCUT2D eigenvalue weighted by molar-refractivity contribution is 7.91. The molecule has 156 valence electrons. The molecule has 0 spiro atoms. The van der Waals surface area contributed by atoms with Crippen LogP contribution in [0.3, 0.4) is 0 Å². The van der Waals surface area contributed by atoms with E-state index in [4.69, 9.17) is 27.9 Å². The Morgan fingerprint density at radius 3 is 2.40 bits per heavy atom. The number of halogens is 2. The number of benzene rings is 3. The summed E-state index contributed by atoms with van der Waals surface area (Å²) < 4.78 is 29.9. The first-order chi connectivity index (χ1) is 14.2. The molecule has 6 nitrogen and oxygen atoms in total. The van der Waals surface area contributed by atoms with Gasteiger partial charge in [-0.1, -0.05) is 53.5 Å². The maximum Gasteiger partial charge on any atom is 0.307 e. The molecule has 0 saturated carbocycles. The first-order valence-electron chi connectivity index (χ1n) is 8.87. The fraction of sp³-hybridized carbons (Fsp3) is 0.143. The molecule has 9 heteroatoms. The van der Waals surface area contributed by atoms with E-state index in [9.17, 15) is 18.0 Å². The Morgan fingerprint density at radius 2 is 1.67 bits per heavy atom. The summed E-state index contributed by atoms with van der Waals surface area (Å²) in [6.07, 6.45) is -0.371. The summed E-state index contributed by atoms with van der Waals surface area (Å²) in [6, 6.07) is 16.7. The minimum absolute atomic E-state index is 0.129. The number of amides is 1. The second kappa shape index (κ2) is 9.47. The van der Waals surface area contributed by atoms with Crippen LogP contribution in [0.1, 0.15) is 6.42 Å². The first-order valence-corrected chi connectivity index (χ1v) is 11.3. The van der Waals surface area contributed by atoms with Crippen LogP contribution in [0, 0.1) is 0 Å². The van der Waals surface area contributed by atoms with Gasteiger partial charge in [-0.05, 0) is 41.1 Å². The Balaban J connectivity index is 1.52. The quantitative estimate of drug-likeness (QED) is 0.519. The standard InChI is InChI=1S/C21H17Cl2NO5S/c22-16-6-8-19(18(23)12-16)24-20(25)13-29-21(26)9-10-30(27,28)17-7-5-14-3-1-2-4-15(14)11-17/h1-8,11-12H,9-10,13H2,(H,24,25). The first kappa shape index (κ1) is 22.1. The van der Waals surface area contributed by atoms with Crippen LogP contribution in [-0.2, 0) is 24.2 Å². The molecule has 0 fully saturated rings. The summed E-state index contributed by atoms with van der Waals surface area (Å²) in [5, 5.41) is 4.85. The molecule has 0 aliphatic heterocycles. The number of ether oxygens (including phenoxy) is 1. The smallest absolute Gasteiger partial charge is 0.307 e. The lowest BCUT2D eigenvalue weighted by Crippen LogP contribution is -2.22. The van der Waals surface area contributed by atoms with E-state index < -0.39 is 34.1 Å². The number of rotatable bonds is 7. The molecule has 0 radical (unpaired) electrons. The number of carbonyl (C=O) groups excluding carboxylic acids is 2. The third-order valence-electron chi connectivity index (χ3n) is 4.22. The van der Waals surface area contributed by atoms with Gasteiger partial charge in [0, 0.05) is 5.02 Å². The van der Waals surface area contributed by atoms with Crippen LogP contribution in [0.4, 0.5) is 5.69 Å². The van der Waals surface area contributed by atoms with E-state index in [1.54, 1.807) is 18.2 Å². The fourth-order valence-corrected chi connectivity index (χ4v) is 4.40. The van der Waals surface area contributed by atoms with Crippen molar-refractivity contribution < 1.29 is 22.7 Å². The summed E-state index contributed by atoms with van der Waals surface area (Å²) in [4.78, 5) is 23.9. The molecule has 0 atom stereocenters. The molecule has 3 aromatic carbocycles. The van der Waals surface area contributed by atoms with Crippen LogP contribution in [0.2, 0.25) is 10.0 Å². The lowest BCUT2D eigenvalue weighted by atomic mass is 10.1. The molecule has 0 aliphatic rings. The van der Waals surface area contributed by atoms with Crippen molar-refractivity contribution in [2.45, 2.75) is 11.3 Å². The third kappa shape index (κ3) is 5.72. The lowest BCUT2D eigenvalue weighted by Gasteiger charge is -2.09. The maximum atomic E-state index is 12.5. The predicted octanol–water partition coefficient (Wildman–Crippen LogP) is 4.49. The van der Waals surface area contributed by atoms with Crippen LogP contribution < -0.4 is 5.32 Å². The molecular weight excluding hydrogens is 449 g/mol. The van der Waals surface area contributed by atoms with Crippen molar-refractivity contribution in [3.8, 4) is 0 Å². The minimum atomic E-state index is -3.67. The van der Waals surface area contributed by atoms with Crippen molar-refractivity contribution in [3.05, 3.63) is 70.7 Å². The van der Waals surface area contributed by atoms with Crippen molar-refractivity contribution in [3.63, 3.8) is 0 Å². The third-order valence-corrected chi connectivity index (χ3v) is 6.49. The average molecular weight is 466 g/mol. The van der Waals surface area contributed by atoms with Gasteiger partial charge in [0.15, 0.2) is 16.4 Å². The van der Waals surface area contributed by atoms with Gasteiger partial charge in [0.1, 0.15) is 0 Å². The molecular formula is C21H17Cl2NO5S. The van der Waals surface area contributed by atoms with Gasteiger partial charge < -0.3 is 10.1 Å². The Bertz CT molecular complexity index is 1210. The van der Waals surface area contributed by atoms with Crippen LogP contribution in [0.15, 0.2) is 65.6 Å². The van der Waals surface area contributed by atoms with Crippen LogP contribution in [-0.4, -0.2) is 32.7 Å². The molecule has 0 aliphatic carbocycles. The normalized spacial score (nSPS) is 11.3. The Labute approximate surface area is 183 Å². The zero-order valence-electron chi connectivity index (χ0n) is 15.6. The van der Waals surface area contributed by atoms with Gasteiger partial charge in [0.2, 0.25) is 0 Å². The molecule has 0 unspecified atom stereocenters. The Hall–Kier alpha value is -2.61. The van der Waals surface area contributed by atoms with E-state index in [1.807, 2.05) is 24.3 Å². The van der Waals surface area contributed by atoms with Gasteiger partial charge in [-0.25, -0.2) is 8.42 Å². The SMILES string of the molecule is O=C(COC(=O)CCS(=O)(=O)c1ccc2ccccc2c1)Nc1ccc(Cl)cc1Cl. The van der Waals surface area contributed by atoms with Crippen molar-refractivity contribution >= 4 is 61.4 Å². The van der Waals surface area contributed by atoms with E-state index in [2.05, 4.69) is 5.32 Å². The number of anilines is 1. The molecule has 3 aromatic rings. The molecule has 3 rings (SSSR count). The predicted molar refractivity (Wildman–Crippen MR) is 117 cm³/mol. The van der Waals surface area contributed by atoms with Crippen LogP contribution >= 0.6 is 23.2 Å². The van der Waals surface area contributed by atoms with Gasteiger partial charge in [0.25, 0.3) is 5.91 Å². The highest BCUT2D eigenvalue weighted by Gasteiger charge is 2.18. The molecule has 0 aromatic heterocycles. The van der Waals surface area contributed by atoms with Crippen molar-refractivity contribution in [1.29, 1.82) is 0 Å². The lowest BCUT2D eigenvalue weighted by molar-refractivity contribution is -0.146. The van der Waals surface area contributed by atoms with Crippen LogP contribution in [0.25, 0.3) is 10.8 Å². The topological polar surface area (TPSA) is 89.5 Å². The molecule has 0 bridgehead atoms. The molecule has 30 heavy (non-hydrogen) atoms. The Morgan fingerprint density at radius 1 is 0.933 bits per heavy atom. The number of carbonyl (C=O) groups is 2. The van der Waals surface area contributed by atoms with Crippen molar-refractivity contribution in [1.82, 2.24) is 0 Å². The van der Waals surface area contributed by atoms with E-state index in [-0.39, 0.29) is 16.3 Å². The summed E-state index contributed by atoms with van der Waals surface area (Å²) in [6.45, 7) is -0.562. The van der Waals surface area contributed by atoms with Crippen molar-refractivity contribution in [2.24, 2.45) is 0 Å². The number of fused-ring (bicyclic) bond motifs is 1. The monoisotopic (exact) mass is 465 g/mol. The zero-order chi connectivity index (χ0) is 21.7. The number of nitrogens with one attached hydrogen (secondary N) is 1. The minimum Gasteiger partial charge on any atom is -0.456 e. The highest BCUT2D eigenvalue weighted by atomic mass is 35.5. The van der Waals surface area contributed by atoms with Gasteiger partial charge in [-0.3, -0.25) is 9.59 Å². The number of sulfone groups is 1. The van der Waals surface area contributed by atoms with E-state index >= 15 is 0 Å². The van der Waals surface area contributed by atoms with E-state index in [0.29, 0.717) is 10.7 Å². The van der Waals surface area contributed by atoms with Gasteiger partial charge >= 0.3 is 5.97 Å². The summed E-state index contributed by atoms with van der Waals surface area (Å²) in [5.41, 5.74) is 0.320. The average Bonchev–Trinajstić information content (AvgIpc) is 2.72. The van der Waals surface area contributed by atoms with E-state index in [1.165, 1.54) is 18.2 Å². The maximum absolute atomic E-state index is 12.5. The number of hydrogen-bond acceptors (Lipinski definition) is 5. The molecule has 0 saturated heterocycles.